The van der Waals surface area contributed by atoms with Crippen molar-refractivity contribution in [2.24, 2.45) is 0 Å². The van der Waals surface area contributed by atoms with Gasteiger partial charge in [-0.2, -0.15) is 0 Å². The van der Waals surface area contributed by atoms with Crippen molar-refractivity contribution < 1.29 is 10.2 Å². The summed E-state index contributed by atoms with van der Waals surface area (Å²) in [5, 5.41) is 22.4. The van der Waals surface area contributed by atoms with Crippen LogP contribution in [0.1, 0.15) is 50.5 Å². The minimum absolute atomic E-state index is 0. The van der Waals surface area contributed by atoms with E-state index in [1.54, 1.807) is 0 Å². The van der Waals surface area contributed by atoms with E-state index in [0.717, 1.165) is 25.9 Å². The van der Waals surface area contributed by atoms with Crippen LogP contribution >= 0.6 is 12.4 Å². The number of piperidine rings is 1. The van der Waals surface area contributed by atoms with Gasteiger partial charge in [0.15, 0.2) is 5.60 Å². The molecule has 0 bridgehead atoms. The lowest BCUT2D eigenvalue weighted by atomic mass is 9.76. The van der Waals surface area contributed by atoms with Crippen molar-refractivity contribution in [1.82, 2.24) is 4.90 Å². The molecule has 1 saturated carbocycles. The first-order chi connectivity index (χ1) is 11.1. The van der Waals surface area contributed by atoms with E-state index in [1.165, 1.54) is 19.3 Å². The molecule has 1 unspecified atom stereocenters. The van der Waals surface area contributed by atoms with E-state index >= 15 is 0 Å². The Morgan fingerprint density at radius 3 is 2.25 bits per heavy atom. The van der Waals surface area contributed by atoms with Gasteiger partial charge >= 0.3 is 0 Å². The Hall–Kier alpha value is -1.05. The third-order valence-corrected chi connectivity index (χ3v) is 5.32. The minimum Gasteiger partial charge on any atom is -0.385 e. The molecule has 1 aliphatic carbocycles. The topological polar surface area (TPSA) is 43.7 Å². The van der Waals surface area contributed by atoms with Crippen LogP contribution in [0, 0.1) is 11.8 Å². The molecule has 1 heterocycles. The van der Waals surface area contributed by atoms with Crippen molar-refractivity contribution in [3.8, 4) is 11.8 Å². The average molecular weight is 350 g/mol. The predicted octanol–water partition coefficient (Wildman–Crippen LogP) is 3.09. The molecule has 3 nitrogen and oxygen atoms in total. The summed E-state index contributed by atoms with van der Waals surface area (Å²) in [5.41, 5.74) is -1.90. The van der Waals surface area contributed by atoms with E-state index < -0.39 is 11.2 Å². The van der Waals surface area contributed by atoms with E-state index in [0.29, 0.717) is 24.9 Å². The Bertz CT molecular complexity index is 568. The fourth-order valence-electron chi connectivity index (χ4n) is 3.85. The summed E-state index contributed by atoms with van der Waals surface area (Å²) in [4.78, 5) is 2.33. The Balaban J connectivity index is 0.00000208. The molecule has 0 spiro atoms. The molecule has 1 aromatic rings. The highest BCUT2D eigenvalue weighted by Crippen LogP contribution is 2.43. The fourth-order valence-corrected chi connectivity index (χ4v) is 3.85. The second-order valence-electron chi connectivity index (χ2n) is 6.95. The zero-order valence-corrected chi connectivity index (χ0v) is 15.0. The van der Waals surface area contributed by atoms with Crippen LogP contribution in [0.4, 0.5) is 0 Å². The average Bonchev–Trinajstić information content (AvgIpc) is 3.05. The molecule has 2 aliphatic rings. The van der Waals surface area contributed by atoms with E-state index in [4.69, 9.17) is 0 Å². The highest BCUT2D eigenvalue weighted by atomic mass is 35.5. The van der Waals surface area contributed by atoms with Crippen molar-refractivity contribution >= 4 is 12.4 Å². The molecule has 1 aliphatic heterocycles. The van der Waals surface area contributed by atoms with Gasteiger partial charge in [-0.05, 0) is 44.3 Å². The van der Waals surface area contributed by atoms with Gasteiger partial charge in [0.25, 0.3) is 0 Å². The van der Waals surface area contributed by atoms with Crippen molar-refractivity contribution in [2.75, 3.05) is 19.6 Å². The van der Waals surface area contributed by atoms with Crippen LogP contribution < -0.4 is 0 Å². The monoisotopic (exact) mass is 349 g/mol. The van der Waals surface area contributed by atoms with Crippen molar-refractivity contribution in [3.05, 3.63) is 35.9 Å². The number of nitrogens with zero attached hydrogens (tertiary/aromatic N) is 1. The van der Waals surface area contributed by atoms with Crippen LogP contribution in [0.25, 0.3) is 0 Å². The van der Waals surface area contributed by atoms with Crippen molar-refractivity contribution in [3.63, 3.8) is 0 Å². The minimum atomic E-state index is -1.47. The van der Waals surface area contributed by atoms with Gasteiger partial charge in [-0.3, -0.25) is 4.90 Å². The van der Waals surface area contributed by atoms with Gasteiger partial charge in [0.1, 0.15) is 5.60 Å². The first-order valence-corrected chi connectivity index (χ1v) is 8.87. The van der Waals surface area contributed by atoms with Crippen molar-refractivity contribution in [2.45, 2.75) is 56.1 Å². The van der Waals surface area contributed by atoms with E-state index in [9.17, 15) is 10.2 Å². The first-order valence-electron chi connectivity index (χ1n) is 8.87. The molecule has 3 rings (SSSR count). The molecule has 132 valence electrons. The van der Waals surface area contributed by atoms with Gasteiger partial charge in [0.2, 0.25) is 0 Å². The lowest BCUT2D eigenvalue weighted by Gasteiger charge is -2.38. The maximum atomic E-state index is 11.3. The summed E-state index contributed by atoms with van der Waals surface area (Å²) in [6, 6.07) is 9.44. The summed E-state index contributed by atoms with van der Waals surface area (Å²) in [6.07, 6.45) is 6.87. The number of aliphatic hydroxyl groups is 2. The van der Waals surface area contributed by atoms with Crippen LogP contribution in [0.15, 0.2) is 30.3 Å². The van der Waals surface area contributed by atoms with Gasteiger partial charge < -0.3 is 10.2 Å². The van der Waals surface area contributed by atoms with E-state index in [2.05, 4.69) is 16.7 Å². The van der Waals surface area contributed by atoms with Gasteiger partial charge in [-0.1, -0.05) is 61.4 Å². The van der Waals surface area contributed by atoms with Crippen LogP contribution in [-0.4, -0.2) is 40.3 Å². The van der Waals surface area contributed by atoms with E-state index in [1.807, 2.05) is 30.3 Å². The van der Waals surface area contributed by atoms with Crippen LogP contribution in [0.2, 0.25) is 0 Å². The fraction of sp³-hybridized carbons (Fsp3) is 0.600. The zero-order chi connectivity index (χ0) is 16.2. The molecule has 2 fully saturated rings. The number of hydrogen-bond donors (Lipinski definition) is 2. The maximum absolute atomic E-state index is 11.3. The van der Waals surface area contributed by atoms with E-state index in [-0.39, 0.29) is 12.4 Å². The Kier molecular flexibility index (Phi) is 6.71. The van der Waals surface area contributed by atoms with Gasteiger partial charge in [0, 0.05) is 0 Å². The number of halogens is 1. The third-order valence-electron chi connectivity index (χ3n) is 5.32. The SMILES string of the molecule is Cl.OC1(C(O)(C#CCN2CCCCC2)c2ccccc2)CCCC1. The van der Waals surface area contributed by atoms with Crippen LogP contribution in [0.3, 0.4) is 0 Å². The van der Waals surface area contributed by atoms with Crippen LogP contribution in [0.5, 0.6) is 0 Å². The first kappa shape index (κ1) is 19.3. The summed E-state index contributed by atoms with van der Waals surface area (Å²) < 4.78 is 0. The molecule has 1 aromatic carbocycles. The van der Waals surface area contributed by atoms with Gasteiger partial charge in [-0.25, -0.2) is 0 Å². The molecule has 24 heavy (non-hydrogen) atoms. The predicted molar refractivity (Wildman–Crippen MR) is 99.1 cm³/mol. The Morgan fingerprint density at radius 1 is 1.00 bits per heavy atom. The molecular formula is C20H28ClNO2. The molecule has 1 atom stereocenters. The second kappa shape index (κ2) is 8.36. The third kappa shape index (κ3) is 3.95. The van der Waals surface area contributed by atoms with Gasteiger partial charge in [0.05, 0.1) is 6.54 Å². The lowest BCUT2D eigenvalue weighted by Crippen LogP contribution is -2.49. The second-order valence-corrected chi connectivity index (χ2v) is 6.95. The summed E-state index contributed by atoms with van der Waals surface area (Å²) in [7, 11) is 0. The maximum Gasteiger partial charge on any atom is 0.179 e. The summed E-state index contributed by atoms with van der Waals surface area (Å²) in [6.45, 7) is 2.84. The van der Waals surface area contributed by atoms with Gasteiger partial charge in [-0.15, -0.1) is 12.4 Å². The molecule has 0 aromatic heterocycles. The molecule has 2 N–H and O–H groups in total. The Morgan fingerprint density at radius 2 is 1.62 bits per heavy atom. The molecule has 1 saturated heterocycles. The van der Waals surface area contributed by atoms with Crippen molar-refractivity contribution in [1.29, 1.82) is 0 Å². The number of hydrogen-bond acceptors (Lipinski definition) is 3. The zero-order valence-electron chi connectivity index (χ0n) is 14.2. The summed E-state index contributed by atoms with van der Waals surface area (Å²) in [5.74, 6) is 6.22. The molecular weight excluding hydrogens is 322 g/mol. The normalized spacial score (nSPS) is 22.8. The Labute approximate surface area is 151 Å². The quantitative estimate of drug-likeness (QED) is 0.824. The number of benzene rings is 1. The lowest BCUT2D eigenvalue weighted by molar-refractivity contribution is -0.118. The smallest absolute Gasteiger partial charge is 0.179 e. The summed E-state index contributed by atoms with van der Waals surface area (Å²) >= 11 is 0. The largest absolute Gasteiger partial charge is 0.385 e. The van der Waals surface area contributed by atoms with Crippen LogP contribution in [-0.2, 0) is 5.60 Å². The molecule has 4 heteroatoms. The molecule has 0 radical (unpaired) electrons. The standard InChI is InChI=1S/C20H27NO2.ClH/c22-19(12-5-6-13-19)20(23,18-10-3-1-4-11-18)14-9-17-21-15-7-2-8-16-21;/h1,3-4,10-11,22-23H,2,5-8,12-13,15-17H2;1H. The number of likely N-dealkylation sites (tertiary alicyclic amines) is 1. The highest BCUT2D eigenvalue weighted by molar-refractivity contribution is 5.85. The molecule has 0 amide bonds. The highest BCUT2D eigenvalue weighted by Gasteiger charge is 2.51. The number of rotatable bonds is 3.